The molecule has 8 heteroatoms. The van der Waals surface area contributed by atoms with Gasteiger partial charge in [-0.05, 0) is 18.6 Å². The van der Waals surface area contributed by atoms with E-state index in [2.05, 4.69) is 0 Å². The molecule has 0 aliphatic carbocycles. The number of sulfone groups is 1. The summed E-state index contributed by atoms with van der Waals surface area (Å²) in [5, 5.41) is 9.07. The normalized spacial score (nSPS) is 13.2. The lowest BCUT2D eigenvalue weighted by atomic mass is 10.2. The van der Waals surface area contributed by atoms with Crippen molar-refractivity contribution in [3.05, 3.63) is 24.3 Å². The third kappa shape index (κ3) is 3.06. The van der Waals surface area contributed by atoms with Crippen molar-refractivity contribution in [1.82, 2.24) is 0 Å². The standard InChI is InChI=1S/C12H15F2NO4S/c1-3-8(11(16)17)15(2)9-6-4-5-7-10(9)20(18,19)12(13)14/h4-8,12H,3H2,1-2H3,(H,16,17). The fourth-order valence-corrected chi connectivity index (χ4v) is 2.83. The first-order valence-corrected chi connectivity index (χ1v) is 7.34. The van der Waals surface area contributed by atoms with E-state index in [-0.39, 0.29) is 12.1 Å². The molecule has 0 radical (unpaired) electrons. The third-order valence-corrected chi connectivity index (χ3v) is 4.35. The fourth-order valence-electron chi connectivity index (χ4n) is 1.87. The minimum atomic E-state index is -4.79. The van der Waals surface area contributed by atoms with Crippen molar-refractivity contribution in [1.29, 1.82) is 0 Å². The summed E-state index contributed by atoms with van der Waals surface area (Å²) in [4.78, 5) is 11.7. The number of alkyl halides is 2. The van der Waals surface area contributed by atoms with Crippen LogP contribution in [0.1, 0.15) is 13.3 Å². The zero-order valence-electron chi connectivity index (χ0n) is 11.0. The molecule has 1 rings (SSSR count). The highest BCUT2D eigenvalue weighted by Gasteiger charge is 2.32. The van der Waals surface area contributed by atoms with Crippen molar-refractivity contribution in [3.8, 4) is 0 Å². The number of rotatable bonds is 6. The molecule has 0 bridgehead atoms. The highest BCUT2D eigenvalue weighted by molar-refractivity contribution is 7.91. The van der Waals surface area contributed by atoms with E-state index in [9.17, 15) is 22.0 Å². The molecule has 0 spiro atoms. The SMILES string of the molecule is CCC(C(=O)O)N(C)c1ccccc1S(=O)(=O)C(F)F. The zero-order chi connectivity index (χ0) is 15.5. The van der Waals surface area contributed by atoms with Gasteiger partial charge in [-0.3, -0.25) is 0 Å². The van der Waals surface area contributed by atoms with Crippen LogP contribution in [0.2, 0.25) is 0 Å². The summed E-state index contributed by atoms with van der Waals surface area (Å²) in [5.74, 6) is -4.71. The van der Waals surface area contributed by atoms with Crippen LogP contribution in [0, 0.1) is 0 Å². The van der Waals surface area contributed by atoms with Gasteiger partial charge in [-0.15, -0.1) is 0 Å². The van der Waals surface area contributed by atoms with Gasteiger partial charge in [0.1, 0.15) is 6.04 Å². The van der Waals surface area contributed by atoms with Gasteiger partial charge in [0.05, 0.1) is 10.6 Å². The highest BCUT2D eigenvalue weighted by atomic mass is 32.2. The number of benzene rings is 1. The van der Waals surface area contributed by atoms with Crippen molar-refractivity contribution >= 4 is 21.5 Å². The Labute approximate surface area is 115 Å². The molecule has 0 aliphatic rings. The maximum Gasteiger partial charge on any atom is 0.341 e. The number of anilines is 1. The van der Waals surface area contributed by atoms with Gasteiger partial charge in [0.25, 0.3) is 0 Å². The number of carbonyl (C=O) groups is 1. The van der Waals surface area contributed by atoms with Crippen LogP contribution in [0.25, 0.3) is 0 Å². The first-order chi connectivity index (χ1) is 9.23. The van der Waals surface area contributed by atoms with Gasteiger partial charge >= 0.3 is 11.7 Å². The lowest BCUT2D eigenvalue weighted by molar-refractivity contribution is -0.138. The number of likely N-dealkylation sites (N-methyl/N-ethyl adjacent to an activating group) is 1. The number of para-hydroxylation sites is 1. The number of carboxylic acids is 1. The maximum absolute atomic E-state index is 12.7. The Morgan fingerprint density at radius 2 is 1.90 bits per heavy atom. The van der Waals surface area contributed by atoms with Crippen LogP contribution in [0.5, 0.6) is 0 Å². The minimum absolute atomic E-state index is 0.0537. The van der Waals surface area contributed by atoms with Crippen LogP contribution in [-0.2, 0) is 14.6 Å². The van der Waals surface area contributed by atoms with Gasteiger partial charge in [-0.1, -0.05) is 19.1 Å². The van der Waals surface area contributed by atoms with Gasteiger partial charge in [0.2, 0.25) is 9.84 Å². The van der Waals surface area contributed by atoms with E-state index in [4.69, 9.17) is 5.11 Å². The largest absolute Gasteiger partial charge is 0.480 e. The molecule has 1 N–H and O–H groups in total. The Kier molecular flexibility index (Phi) is 5.04. The van der Waals surface area contributed by atoms with Gasteiger partial charge in [-0.25, -0.2) is 13.2 Å². The molecule has 0 saturated carbocycles. The van der Waals surface area contributed by atoms with Gasteiger partial charge in [-0.2, -0.15) is 8.78 Å². The summed E-state index contributed by atoms with van der Waals surface area (Å²) >= 11 is 0. The number of carboxylic acid groups (broad SMARTS) is 1. The van der Waals surface area contributed by atoms with Crippen molar-refractivity contribution in [2.75, 3.05) is 11.9 Å². The molecule has 1 atom stereocenters. The molecule has 112 valence electrons. The van der Waals surface area contributed by atoms with E-state index < -0.39 is 32.5 Å². The van der Waals surface area contributed by atoms with Crippen LogP contribution >= 0.6 is 0 Å². The van der Waals surface area contributed by atoms with E-state index in [1.807, 2.05) is 0 Å². The summed E-state index contributed by atoms with van der Waals surface area (Å²) in [6.45, 7) is 1.61. The molecule has 5 nitrogen and oxygen atoms in total. The summed E-state index contributed by atoms with van der Waals surface area (Å²) in [5.41, 5.74) is -0.0537. The number of nitrogens with zero attached hydrogens (tertiary/aromatic N) is 1. The lowest BCUT2D eigenvalue weighted by Gasteiger charge is -2.27. The summed E-state index contributed by atoms with van der Waals surface area (Å²) in [6, 6.07) is 4.13. The average Bonchev–Trinajstić information content (AvgIpc) is 2.38. The number of hydrogen-bond acceptors (Lipinski definition) is 4. The summed E-state index contributed by atoms with van der Waals surface area (Å²) < 4.78 is 48.5. The highest BCUT2D eigenvalue weighted by Crippen LogP contribution is 2.29. The Hall–Kier alpha value is -1.70. The zero-order valence-corrected chi connectivity index (χ0v) is 11.8. The van der Waals surface area contributed by atoms with Crippen molar-refractivity contribution in [2.24, 2.45) is 0 Å². The van der Waals surface area contributed by atoms with Crippen LogP contribution < -0.4 is 4.90 Å². The second-order valence-corrected chi connectivity index (χ2v) is 6.03. The van der Waals surface area contributed by atoms with Crippen LogP contribution in [0.3, 0.4) is 0 Å². The van der Waals surface area contributed by atoms with Crippen molar-refractivity contribution < 1.29 is 27.1 Å². The molecule has 0 fully saturated rings. The predicted molar refractivity (Wildman–Crippen MR) is 69.7 cm³/mol. The molecular weight excluding hydrogens is 292 g/mol. The smallest absolute Gasteiger partial charge is 0.341 e. The second-order valence-electron chi connectivity index (χ2n) is 4.15. The molecule has 1 aromatic rings. The van der Waals surface area contributed by atoms with Crippen LogP contribution in [0.15, 0.2) is 29.2 Å². The summed E-state index contributed by atoms with van der Waals surface area (Å²) in [6.07, 6.45) is 0.203. The molecule has 0 heterocycles. The average molecular weight is 307 g/mol. The number of halogens is 2. The fraction of sp³-hybridized carbons (Fsp3) is 0.417. The first-order valence-electron chi connectivity index (χ1n) is 5.80. The second kappa shape index (κ2) is 6.17. The van der Waals surface area contributed by atoms with E-state index in [0.717, 1.165) is 6.07 Å². The number of hydrogen-bond donors (Lipinski definition) is 1. The molecule has 0 amide bonds. The van der Waals surface area contributed by atoms with E-state index in [1.54, 1.807) is 6.92 Å². The molecule has 0 aromatic heterocycles. The minimum Gasteiger partial charge on any atom is -0.480 e. The summed E-state index contributed by atoms with van der Waals surface area (Å²) in [7, 11) is -3.42. The maximum atomic E-state index is 12.7. The Bertz CT molecular complexity index is 589. The molecular formula is C12H15F2NO4S. The molecule has 1 unspecified atom stereocenters. The van der Waals surface area contributed by atoms with Crippen molar-refractivity contribution in [2.45, 2.75) is 30.0 Å². The third-order valence-electron chi connectivity index (χ3n) is 2.93. The van der Waals surface area contributed by atoms with Crippen molar-refractivity contribution in [3.63, 3.8) is 0 Å². The quantitative estimate of drug-likeness (QED) is 0.870. The Morgan fingerprint density at radius 1 is 1.35 bits per heavy atom. The van der Waals surface area contributed by atoms with Gasteiger partial charge < -0.3 is 10.0 Å². The van der Waals surface area contributed by atoms with Gasteiger partial charge in [0, 0.05) is 7.05 Å². The first kappa shape index (κ1) is 16.4. The molecule has 20 heavy (non-hydrogen) atoms. The number of aliphatic carboxylic acids is 1. The van der Waals surface area contributed by atoms with Gasteiger partial charge in [0.15, 0.2) is 0 Å². The molecule has 0 aliphatic heterocycles. The lowest BCUT2D eigenvalue weighted by Crippen LogP contribution is -2.38. The van der Waals surface area contributed by atoms with Crippen LogP contribution in [0.4, 0.5) is 14.5 Å². The van der Waals surface area contributed by atoms with E-state index >= 15 is 0 Å². The predicted octanol–water partition coefficient (Wildman–Crippen LogP) is 1.98. The Balaban J connectivity index is 3.37. The topological polar surface area (TPSA) is 74.7 Å². The van der Waals surface area contributed by atoms with Crippen LogP contribution in [-0.4, -0.2) is 38.3 Å². The monoisotopic (exact) mass is 307 g/mol. The molecule has 0 saturated heterocycles. The van der Waals surface area contributed by atoms with E-state index in [1.165, 1.54) is 30.1 Å². The van der Waals surface area contributed by atoms with E-state index in [0.29, 0.717) is 0 Å². The molecule has 1 aromatic carbocycles. The Morgan fingerprint density at radius 3 is 2.35 bits per heavy atom.